The third-order valence-corrected chi connectivity index (χ3v) is 2.78. The minimum Gasteiger partial charge on any atom is -0.379 e. The minimum absolute atomic E-state index is 0.232. The van der Waals surface area contributed by atoms with Gasteiger partial charge in [-0.1, -0.05) is 0 Å². The monoisotopic (exact) mass is 210 g/mol. The highest BCUT2D eigenvalue weighted by Crippen LogP contribution is 2.18. The van der Waals surface area contributed by atoms with Crippen LogP contribution in [0, 0.1) is 0 Å². The molecule has 1 atom stereocenters. The van der Waals surface area contributed by atoms with Crippen molar-refractivity contribution in [2.75, 3.05) is 32.8 Å². The maximum absolute atomic E-state index is 5.81. The standard InChI is InChI=1S/C10H18N4O/c1-13-7-9(12-8-13)10(6-11)14-2-4-15-5-3-14/h7-8,10H,2-6,11H2,1H3. The summed E-state index contributed by atoms with van der Waals surface area (Å²) in [7, 11) is 1.98. The Morgan fingerprint density at radius 3 is 2.80 bits per heavy atom. The molecule has 0 amide bonds. The molecule has 1 saturated heterocycles. The van der Waals surface area contributed by atoms with E-state index >= 15 is 0 Å². The lowest BCUT2D eigenvalue weighted by Gasteiger charge is -2.32. The summed E-state index contributed by atoms with van der Waals surface area (Å²) >= 11 is 0. The van der Waals surface area contributed by atoms with E-state index in [9.17, 15) is 0 Å². The quantitative estimate of drug-likeness (QED) is 0.747. The van der Waals surface area contributed by atoms with Crippen LogP contribution in [0.1, 0.15) is 11.7 Å². The maximum Gasteiger partial charge on any atom is 0.0947 e. The largest absolute Gasteiger partial charge is 0.379 e. The van der Waals surface area contributed by atoms with Crippen molar-refractivity contribution in [3.05, 3.63) is 18.2 Å². The summed E-state index contributed by atoms with van der Waals surface area (Å²) in [6.45, 7) is 4.08. The lowest BCUT2D eigenvalue weighted by molar-refractivity contribution is 0.0171. The van der Waals surface area contributed by atoms with Crippen molar-refractivity contribution in [1.29, 1.82) is 0 Å². The van der Waals surface area contributed by atoms with Gasteiger partial charge in [0, 0.05) is 32.9 Å². The number of hydrogen-bond donors (Lipinski definition) is 1. The van der Waals surface area contributed by atoms with E-state index < -0.39 is 0 Å². The molecule has 0 bridgehead atoms. The number of morpholine rings is 1. The van der Waals surface area contributed by atoms with Crippen LogP contribution < -0.4 is 5.73 Å². The number of ether oxygens (including phenoxy) is 1. The molecule has 0 radical (unpaired) electrons. The molecule has 84 valence electrons. The molecule has 5 nitrogen and oxygen atoms in total. The second-order valence-electron chi connectivity index (χ2n) is 3.86. The van der Waals surface area contributed by atoms with Gasteiger partial charge in [0.05, 0.1) is 31.3 Å². The van der Waals surface area contributed by atoms with E-state index in [2.05, 4.69) is 9.88 Å². The highest BCUT2D eigenvalue weighted by molar-refractivity contribution is 5.05. The fourth-order valence-corrected chi connectivity index (χ4v) is 1.95. The second kappa shape index (κ2) is 4.74. The molecular weight excluding hydrogens is 192 g/mol. The number of hydrogen-bond acceptors (Lipinski definition) is 4. The van der Waals surface area contributed by atoms with Crippen molar-refractivity contribution in [2.24, 2.45) is 12.8 Å². The van der Waals surface area contributed by atoms with Gasteiger partial charge in [-0.15, -0.1) is 0 Å². The van der Waals surface area contributed by atoms with Gasteiger partial charge in [-0.05, 0) is 0 Å². The lowest BCUT2D eigenvalue weighted by atomic mass is 10.2. The van der Waals surface area contributed by atoms with Gasteiger partial charge in [-0.25, -0.2) is 4.98 Å². The predicted octanol–water partition coefficient (Wildman–Crippen LogP) is -0.248. The lowest BCUT2D eigenvalue weighted by Crippen LogP contribution is -2.41. The van der Waals surface area contributed by atoms with Crippen LogP contribution in [0.25, 0.3) is 0 Å². The van der Waals surface area contributed by atoms with Crippen LogP contribution in [0.15, 0.2) is 12.5 Å². The van der Waals surface area contributed by atoms with Crippen molar-refractivity contribution in [2.45, 2.75) is 6.04 Å². The summed E-state index contributed by atoms with van der Waals surface area (Å²) in [5, 5.41) is 0. The third kappa shape index (κ3) is 2.37. The minimum atomic E-state index is 0.232. The van der Waals surface area contributed by atoms with E-state index in [1.54, 1.807) is 0 Å². The fourth-order valence-electron chi connectivity index (χ4n) is 1.95. The van der Waals surface area contributed by atoms with Crippen LogP contribution in [0.5, 0.6) is 0 Å². The van der Waals surface area contributed by atoms with Crippen LogP contribution in [0.3, 0.4) is 0 Å². The summed E-state index contributed by atoms with van der Waals surface area (Å²) in [5.41, 5.74) is 6.87. The number of nitrogens with zero attached hydrogens (tertiary/aromatic N) is 3. The molecule has 2 heterocycles. The van der Waals surface area contributed by atoms with E-state index in [4.69, 9.17) is 10.5 Å². The average Bonchev–Trinajstić information content (AvgIpc) is 2.68. The molecular formula is C10H18N4O. The van der Waals surface area contributed by atoms with Gasteiger partial charge < -0.3 is 15.0 Å². The first-order chi connectivity index (χ1) is 7.31. The molecule has 0 spiro atoms. The molecule has 1 fully saturated rings. The summed E-state index contributed by atoms with van der Waals surface area (Å²) < 4.78 is 7.28. The van der Waals surface area contributed by atoms with Gasteiger partial charge in [0.2, 0.25) is 0 Å². The third-order valence-electron chi connectivity index (χ3n) is 2.78. The van der Waals surface area contributed by atoms with Crippen LogP contribution >= 0.6 is 0 Å². The molecule has 1 aliphatic rings. The molecule has 0 aliphatic carbocycles. The molecule has 5 heteroatoms. The van der Waals surface area contributed by atoms with Crippen LogP contribution in [-0.2, 0) is 11.8 Å². The molecule has 0 aromatic carbocycles. The first-order valence-corrected chi connectivity index (χ1v) is 5.31. The van der Waals surface area contributed by atoms with Gasteiger partial charge in [-0.2, -0.15) is 0 Å². The van der Waals surface area contributed by atoms with Gasteiger partial charge in [-0.3, -0.25) is 4.90 Å². The molecule has 15 heavy (non-hydrogen) atoms. The first-order valence-electron chi connectivity index (χ1n) is 5.31. The zero-order valence-electron chi connectivity index (χ0n) is 9.09. The Labute approximate surface area is 89.8 Å². The van der Waals surface area contributed by atoms with Crippen molar-refractivity contribution < 1.29 is 4.74 Å². The Hall–Kier alpha value is -0.910. The SMILES string of the molecule is Cn1cnc(C(CN)N2CCOCC2)c1. The number of imidazole rings is 1. The van der Waals surface area contributed by atoms with E-state index in [0.717, 1.165) is 32.0 Å². The normalized spacial score (nSPS) is 20.4. The Morgan fingerprint density at radius 1 is 1.53 bits per heavy atom. The van der Waals surface area contributed by atoms with Crippen LogP contribution in [-0.4, -0.2) is 47.3 Å². The maximum atomic E-state index is 5.81. The smallest absolute Gasteiger partial charge is 0.0947 e. The number of rotatable bonds is 3. The average molecular weight is 210 g/mol. The molecule has 1 aliphatic heterocycles. The zero-order chi connectivity index (χ0) is 10.7. The van der Waals surface area contributed by atoms with Crippen molar-refractivity contribution in [3.63, 3.8) is 0 Å². The Kier molecular flexibility index (Phi) is 3.35. The summed E-state index contributed by atoms with van der Waals surface area (Å²) in [6, 6.07) is 0.232. The second-order valence-corrected chi connectivity index (χ2v) is 3.86. The fraction of sp³-hybridized carbons (Fsp3) is 0.700. The highest BCUT2D eigenvalue weighted by Gasteiger charge is 2.22. The molecule has 0 saturated carbocycles. The summed E-state index contributed by atoms with van der Waals surface area (Å²) in [4.78, 5) is 6.70. The number of nitrogens with two attached hydrogens (primary N) is 1. The van der Waals surface area contributed by atoms with E-state index in [1.807, 2.05) is 24.1 Å². The molecule has 2 N–H and O–H groups in total. The van der Waals surface area contributed by atoms with Gasteiger partial charge in [0.25, 0.3) is 0 Å². The van der Waals surface area contributed by atoms with Gasteiger partial charge in [0.1, 0.15) is 0 Å². The highest BCUT2D eigenvalue weighted by atomic mass is 16.5. The summed E-state index contributed by atoms with van der Waals surface area (Å²) in [5.74, 6) is 0. The molecule has 1 aromatic rings. The van der Waals surface area contributed by atoms with E-state index in [-0.39, 0.29) is 6.04 Å². The Balaban J connectivity index is 2.08. The van der Waals surface area contributed by atoms with E-state index in [0.29, 0.717) is 6.54 Å². The van der Waals surface area contributed by atoms with Crippen LogP contribution in [0.2, 0.25) is 0 Å². The van der Waals surface area contributed by atoms with Crippen molar-refractivity contribution in [3.8, 4) is 0 Å². The zero-order valence-corrected chi connectivity index (χ0v) is 9.09. The Bertz CT molecular complexity index is 306. The van der Waals surface area contributed by atoms with Gasteiger partial charge in [0.15, 0.2) is 0 Å². The van der Waals surface area contributed by atoms with E-state index in [1.165, 1.54) is 0 Å². The number of aryl methyl sites for hydroxylation is 1. The van der Waals surface area contributed by atoms with Crippen molar-refractivity contribution >= 4 is 0 Å². The molecule has 2 rings (SSSR count). The predicted molar refractivity (Wildman–Crippen MR) is 57.4 cm³/mol. The summed E-state index contributed by atoms with van der Waals surface area (Å²) in [6.07, 6.45) is 3.85. The first kappa shape index (κ1) is 10.6. The van der Waals surface area contributed by atoms with Crippen LogP contribution in [0.4, 0.5) is 0 Å². The Morgan fingerprint density at radius 2 is 2.27 bits per heavy atom. The van der Waals surface area contributed by atoms with Gasteiger partial charge >= 0.3 is 0 Å². The van der Waals surface area contributed by atoms with Crippen molar-refractivity contribution in [1.82, 2.24) is 14.5 Å². The molecule has 1 aromatic heterocycles. The molecule has 1 unspecified atom stereocenters. The number of aromatic nitrogens is 2. The topological polar surface area (TPSA) is 56.3 Å².